The fourth-order valence-corrected chi connectivity index (χ4v) is 4.14. The van der Waals surface area contributed by atoms with Crippen molar-refractivity contribution in [2.45, 2.75) is 51.5 Å². The van der Waals surface area contributed by atoms with Crippen LogP contribution in [0.4, 0.5) is 0 Å². The Hall–Kier alpha value is -1.71. The Kier molecular flexibility index (Phi) is 4.27. The summed E-state index contributed by atoms with van der Waals surface area (Å²) in [5, 5.41) is 10.2. The quantitative estimate of drug-likeness (QED) is 0.910. The zero-order valence-corrected chi connectivity index (χ0v) is 13.5. The number of nitrogens with zero attached hydrogens (tertiary/aromatic N) is 1. The lowest BCUT2D eigenvalue weighted by atomic mass is 9.77. The van der Waals surface area contributed by atoms with E-state index < -0.39 is 0 Å². The number of amides is 1. The monoisotopic (exact) mass is 303 g/mol. The lowest BCUT2D eigenvalue weighted by molar-refractivity contribution is -0.133. The van der Waals surface area contributed by atoms with Crippen molar-refractivity contribution in [2.24, 2.45) is 5.92 Å². The van der Waals surface area contributed by atoms with Crippen LogP contribution in [0.1, 0.15) is 56.2 Å². The molecule has 120 valence electrons. The Bertz CT molecular complexity index is 564. The standard InChI is InChI=1S/C18H25NO3/c1-12(20)19-9-8-14-10-17(22-2)16(21)11-15(14)18(19)13-6-4-3-5-7-13/h10-11,13,18,21H,3-9H2,1-2H3. The molecule has 1 atom stereocenters. The lowest BCUT2D eigenvalue weighted by Crippen LogP contribution is -2.42. The molecule has 3 rings (SSSR count). The minimum absolute atomic E-state index is 0.110. The SMILES string of the molecule is COc1cc2c(cc1O)C(C1CCCCC1)N(C(C)=O)CC2. The van der Waals surface area contributed by atoms with Crippen LogP contribution in [-0.2, 0) is 11.2 Å². The van der Waals surface area contributed by atoms with E-state index in [0.29, 0.717) is 11.7 Å². The zero-order valence-electron chi connectivity index (χ0n) is 13.5. The van der Waals surface area contributed by atoms with E-state index in [4.69, 9.17) is 4.74 Å². The van der Waals surface area contributed by atoms with Gasteiger partial charge in [-0.05, 0) is 48.4 Å². The number of hydrogen-bond donors (Lipinski definition) is 1. The summed E-state index contributed by atoms with van der Waals surface area (Å²) in [6, 6.07) is 3.87. The maximum atomic E-state index is 12.1. The molecule has 1 aromatic rings. The predicted molar refractivity (Wildman–Crippen MR) is 85.1 cm³/mol. The largest absolute Gasteiger partial charge is 0.504 e. The molecule has 1 unspecified atom stereocenters. The second kappa shape index (κ2) is 6.19. The molecule has 1 N–H and O–H groups in total. The van der Waals surface area contributed by atoms with Crippen molar-refractivity contribution in [3.8, 4) is 11.5 Å². The molecule has 1 heterocycles. The van der Waals surface area contributed by atoms with Gasteiger partial charge in [0.15, 0.2) is 11.5 Å². The highest BCUT2D eigenvalue weighted by molar-refractivity contribution is 5.74. The van der Waals surface area contributed by atoms with Gasteiger partial charge in [0.05, 0.1) is 13.2 Å². The number of aromatic hydroxyl groups is 1. The molecule has 1 amide bonds. The number of hydrogen-bond acceptors (Lipinski definition) is 3. The van der Waals surface area contributed by atoms with E-state index in [0.717, 1.165) is 18.5 Å². The van der Waals surface area contributed by atoms with Crippen molar-refractivity contribution >= 4 is 5.91 Å². The first-order valence-corrected chi connectivity index (χ1v) is 8.28. The summed E-state index contributed by atoms with van der Waals surface area (Å²) in [5.41, 5.74) is 2.33. The summed E-state index contributed by atoms with van der Waals surface area (Å²) in [6.45, 7) is 2.42. The van der Waals surface area contributed by atoms with Gasteiger partial charge >= 0.3 is 0 Å². The van der Waals surface area contributed by atoms with Crippen LogP contribution in [-0.4, -0.2) is 29.6 Å². The molecule has 1 aromatic carbocycles. The Morgan fingerprint density at radius 3 is 2.64 bits per heavy atom. The Labute approximate surface area is 132 Å². The van der Waals surface area contributed by atoms with E-state index in [9.17, 15) is 9.90 Å². The molecular weight excluding hydrogens is 278 g/mol. The third-order valence-corrected chi connectivity index (χ3v) is 5.22. The number of benzene rings is 1. The Morgan fingerprint density at radius 2 is 2.00 bits per heavy atom. The van der Waals surface area contributed by atoms with Gasteiger partial charge in [-0.3, -0.25) is 4.79 Å². The number of carbonyl (C=O) groups is 1. The minimum Gasteiger partial charge on any atom is -0.504 e. The number of fused-ring (bicyclic) bond motifs is 1. The van der Waals surface area contributed by atoms with Crippen LogP contribution < -0.4 is 4.74 Å². The van der Waals surface area contributed by atoms with Crippen molar-refractivity contribution in [2.75, 3.05) is 13.7 Å². The van der Waals surface area contributed by atoms with Crippen LogP contribution in [0.25, 0.3) is 0 Å². The molecular formula is C18H25NO3. The minimum atomic E-state index is 0.110. The second-order valence-electron chi connectivity index (χ2n) is 6.53. The molecule has 2 aliphatic rings. The van der Waals surface area contributed by atoms with Crippen molar-refractivity contribution in [1.29, 1.82) is 0 Å². The number of ether oxygens (including phenoxy) is 1. The van der Waals surface area contributed by atoms with Gasteiger partial charge < -0.3 is 14.7 Å². The normalized spacial score (nSPS) is 22.3. The summed E-state index contributed by atoms with van der Waals surface area (Å²) in [5.74, 6) is 1.34. The van der Waals surface area contributed by atoms with Gasteiger partial charge in [0.1, 0.15) is 0 Å². The Morgan fingerprint density at radius 1 is 1.27 bits per heavy atom. The van der Waals surface area contributed by atoms with Crippen molar-refractivity contribution in [1.82, 2.24) is 4.90 Å². The van der Waals surface area contributed by atoms with Gasteiger partial charge in [0.25, 0.3) is 0 Å². The highest BCUT2D eigenvalue weighted by Gasteiger charge is 2.36. The Balaban J connectivity index is 2.02. The number of rotatable bonds is 2. The third-order valence-electron chi connectivity index (χ3n) is 5.22. The molecule has 0 spiro atoms. The average Bonchev–Trinajstić information content (AvgIpc) is 2.53. The molecule has 0 aromatic heterocycles. The summed E-state index contributed by atoms with van der Waals surface area (Å²) in [6.07, 6.45) is 6.94. The molecule has 22 heavy (non-hydrogen) atoms. The maximum absolute atomic E-state index is 12.1. The second-order valence-corrected chi connectivity index (χ2v) is 6.53. The molecule has 0 saturated heterocycles. The van der Waals surface area contributed by atoms with Crippen LogP contribution in [0.2, 0.25) is 0 Å². The summed E-state index contributed by atoms with van der Waals surface area (Å²) in [7, 11) is 1.57. The van der Waals surface area contributed by atoms with E-state index in [-0.39, 0.29) is 17.7 Å². The van der Waals surface area contributed by atoms with Crippen LogP contribution >= 0.6 is 0 Å². The predicted octanol–water partition coefficient (Wildman–Crippen LogP) is 3.43. The van der Waals surface area contributed by atoms with Crippen LogP contribution in [0.15, 0.2) is 12.1 Å². The van der Waals surface area contributed by atoms with E-state index in [2.05, 4.69) is 0 Å². The van der Waals surface area contributed by atoms with Crippen LogP contribution in [0.5, 0.6) is 11.5 Å². The van der Waals surface area contributed by atoms with Crippen molar-refractivity contribution in [3.63, 3.8) is 0 Å². The first-order valence-electron chi connectivity index (χ1n) is 8.28. The summed E-state index contributed by atoms with van der Waals surface area (Å²) < 4.78 is 5.24. The molecule has 4 nitrogen and oxygen atoms in total. The highest BCUT2D eigenvalue weighted by Crippen LogP contribution is 2.44. The van der Waals surface area contributed by atoms with Crippen molar-refractivity contribution < 1.29 is 14.6 Å². The third kappa shape index (κ3) is 2.67. The number of methoxy groups -OCH3 is 1. The number of carbonyl (C=O) groups excluding carboxylic acids is 1. The molecule has 0 radical (unpaired) electrons. The first kappa shape index (κ1) is 15.2. The van der Waals surface area contributed by atoms with Gasteiger partial charge in [-0.15, -0.1) is 0 Å². The van der Waals surface area contributed by atoms with Gasteiger partial charge in [-0.2, -0.15) is 0 Å². The van der Waals surface area contributed by atoms with Gasteiger partial charge in [-0.25, -0.2) is 0 Å². The fourth-order valence-electron chi connectivity index (χ4n) is 4.14. The van der Waals surface area contributed by atoms with Gasteiger partial charge in [0.2, 0.25) is 5.91 Å². The van der Waals surface area contributed by atoms with Crippen LogP contribution in [0.3, 0.4) is 0 Å². The van der Waals surface area contributed by atoms with E-state index >= 15 is 0 Å². The van der Waals surface area contributed by atoms with E-state index in [1.54, 1.807) is 14.0 Å². The molecule has 1 fully saturated rings. The molecule has 1 aliphatic carbocycles. The van der Waals surface area contributed by atoms with Crippen molar-refractivity contribution in [3.05, 3.63) is 23.3 Å². The molecule has 0 bridgehead atoms. The highest BCUT2D eigenvalue weighted by atomic mass is 16.5. The first-order chi connectivity index (χ1) is 10.6. The number of phenolic OH excluding ortho intramolecular Hbond substituents is 1. The summed E-state index contributed by atoms with van der Waals surface area (Å²) in [4.78, 5) is 14.1. The molecule has 1 aliphatic heterocycles. The lowest BCUT2D eigenvalue weighted by Gasteiger charge is -2.42. The zero-order chi connectivity index (χ0) is 15.7. The summed E-state index contributed by atoms with van der Waals surface area (Å²) >= 11 is 0. The smallest absolute Gasteiger partial charge is 0.219 e. The molecule has 1 saturated carbocycles. The fraction of sp³-hybridized carbons (Fsp3) is 0.611. The average molecular weight is 303 g/mol. The van der Waals surface area contributed by atoms with E-state index in [1.807, 2.05) is 17.0 Å². The van der Waals surface area contributed by atoms with E-state index in [1.165, 1.54) is 37.7 Å². The van der Waals surface area contributed by atoms with Crippen LogP contribution in [0, 0.1) is 5.92 Å². The van der Waals surface area contributed by atoms with Gasteiger partial charge in [-0.1, -0.05) is 19.3 Å². The topological polar surface area (TPSA) is 49.8 Å². The number of phenols is 1. The maximum Gasteiger partial charge on any atom is 0.219 e. The van der Waals surface area contributed by atoms with Gasteiger partial charge in [0, 0.05) is 13.5 Å². The molecule has 4 heteroatoms.